The smallest absolute Gasteiger partial charge is 0.179 e. The van der Waals surface area contributed by atoms with E-state index in [0.29, 0.717) is 23.0 Å². The quantitative estimate of drug-likeness (QED) is 0.523. The first-order chi connectivity index (χ1) is 15.7. The van der Waals surface area contributed by atoms with Gasteiger partial charge in [0.15, 0.2) is 5.65 Å². The zero-order chi connectivity index (χ0) is 23.6. The maximum Gasteiger partial charge on any atom is 0.179 e. The van der Waals surface area contributed by atoms with E-state index in [4.69, 9.17) is 22.3 Å². The molecule has 0 spiro atoms. The molecular weight excluding hydrogens is 456 g/mol. The average molecular weight is 483 g/mol. The lowest BCUT2D eigenvalue weighted by atomic mass is 9.91. The summed E-state index contributed by atoms with van der Waals surface area (Å²) in [5.74, 6) is 1.40. The Bertz CT molecular complexity index is 1200. The minimum absolute atomic E-state index is 0.107. The molecule has 10 heteroatoms. The SMILES string of the molecule is CC(C)(C#N)CNc1nccc(Sc2ccc3nc(N4CCC(C)(N)CC4)cnc3n2)c1Cl. The molecule has 0 saturated carbocycles. The van der Waals surface area contributed by atoms with Crippen molar-refractivity contribution in [2.24, 2.45) is 11.1 Å². The Kier molecular flexibility index (Phi) is 6.61. The third kappa shape index (κ3) is 5.64. The highest BCUT2D eigenvalue weighted by Crippen LogP contribution is 2.36. The van der Waals surface area contributed by atoms with E-state index in [9.17, 15) is 5.26 Å². The van der Waals surface area contributed by atoms with Crippen LogP contribution in [0.25, 0.3) is 11.2 Å². The van der Waals surface area contributed by atoms with Gasteiger partial charge in [-0.25, -0.2) is 19.9 Å². The Balaban J connectivity index is 1.50. The summed E-state index contributed by atoms with van der Waals surface area (Å²) in [7, 11) is 0. The molecule has 1 fully saturated rings. The zero-order valence-corrected chi connectivity index (χ0v) is 20.5. The van der Waals surface area contributed by atoms with Crippen molar-refractivity contribution < 1.29 is 0 Å². The number of hydrogen-bond acceptors (Lipinski definition) is 9. The number of rotatable bonds is 6. The molecule has 1 aliphatic heterocycles. The summed E-state index contributed by atoms with van der Waals surface area (Å²) in [6.07, 6.45) is 5.32. The third-order valence-corrected chi connectivity index (χ3v) is 7.16. The van der Waals surface area contributed by atoms with Gasteiger partial charge in [0, 0.05) is 36.3 Å². The molecular formula is C23H27ClN8S. The number of anilines is 2. The van der Waals surface area contributed by atoms with Gasteiger partial charge in [-0.2, -0.15) is 5.26 Å². The van der Waals surface area contributed by atoms with Gasteiger partial charge >= 0.3 is 0 Å². The number of piperidine rings is 1. The van der Waals surface area contributed by atoms with Crippen LogP contribution in [0.3, 0.4) is 0 Å². The minimum atomic E-state index is -0.524. The van der Waals surface area contributed by atoms with Crippen molar-refractivity contribution in [1.29, 1.82) is 5.26 Å². The lowest BCUT2D eigenvalue weighted by molar-refractivity contribution is 0.363. The number of halogens is 1. The molecule has 4 rings (SSSR count). The second-order valence-electron chi connectivity index (χ2n) is 9.28. The summed E-state index contributed by atoms with van der Waals surface area (Å²) in [4.78, 5) is 21.3. The second kappa shape index (κ2) is 9.29. The fraction of sp³-hybridized carbons (Fsp3) is 0.435. The monoisotopic (exact) mass is 482 g/mol. The minimum Gasteiger partial charge on any atom is -0.367 e. The Morgan fingerprint density at radius 2 is 2.00 bits per heavy atom. The molecule has 0 aromatic carbocycles. The summed E-state index contributed by atoms with van der Waals surface area (Å²) in [5.41, 5.74) is 6.95. The Labute approximate surface area is 203 Å². The topological polar surface area (TPSA) is 117 Å². The van der Waals surface area contributed by atoms with Gasteiger partial charge in [-0.15, -0.1) is 0 Å². The van der Waals surface area contributed by atoms with Crippen LogP contribution in [0.4, 0.5) is 11.6 Å². The van der Waals surface area contributed by atoms with Crippen LogP contribution in [-0.4, -0.2) is 45.1 Å². The van der Waals surface area contributed by atoms with E-state index in [2.05, 4.69) is 38.2 Å². The third-order valence-electron chi connectivity index (χ3n) is 5.66. The molecule has 1 aliphatic rings. The summed E-state index contributed by atoms with van der Waals surface area (Å²) < 4.78 is 0. The van der Waals surface area contributed by atoms with E-state index in [1.807, 2.05) is 32.0 Å². The van der Waals surface area contributed by atoms with Crippen LogP contribution in [0.5, 0.6) is 0 Å². The second-order valence-corrected chi connectivity index (χ2v) is 10.7. The highest BCUT2D eigenvalue weighted by atomic mass is 35.5. The number of nitrogens with zero attached hydrogens (tertiary/aromatic N) is 6. The highest BCUT2D eigenvalue weighted by molar-refractivity contribution is 7.99. The normalized spacial score (nSPS) is 15.9. The molecule has 0 radical (unpaired) electrons. The Morgan fingerprint density at radius 1 is 1.24 bits per heavy atom. The van der Waals surface area contributed by atoms with E-state index in [0.717, 1.165) is 47.2 Å². The summed E-state index contributed by atoms with van der Waals surface area (Å²) >= 11 is 8.01. The number of nitrogens with two attached hydrogens (primary N) is 1. The number of nitrogens with one attached hydrogen (secondary N) is 1. The molecule has 8 nitrogen and oxygen atoms in total. The van der Waals surface area contributed by atoms with Crippen LogP contribution in [0.1, 0.15) is 33.6 Å². The van der Waals surface area contributed by atoms with Gasteiger partial charge in [0.1, 0.15) is 22.2 Å². The number of nitriles is 1. The number of hydrogen-bond donors (Lipinski definition) is 2. The first kappa shape index (κ1) is 23.5. The molecule has 172 valence electrons. The van der Waals surface area contributed by atoms with Crippen molar-refractivity contribution in [3.8, 4) is 6.07 Å². The maximum absolute atomic E-state index is 9.21. The molecule has 4 heterocycles. The van der Waals surface area contributed by atoms with Gasteiger partial charge in [0.2, 0.25) is 0 Å². The number of pyridine rings is 2. The van der Waals surface area contributed by atoms with Crippen molar-refractivity contribution in [3.63, 3.8) is 0 Å². The molecule has 0 unspecified atom stereocenters. The van der Waals surface area contributed by atoms with Crippen LogP contribution in [0.15, 0.2) is 40.5 Å². The molecule has 0 atom stereocenters. The van der Waals surface area contributed by atoms with E-state index in [1.165, 1.54) is 11.8 Å². The predicted octanol–water partition coefficient (Wildman–Crippen LogP) is 4.50. The highest BCUT2D eigenvalue weighted by Gasteiger charge is 2.26. The van der Waals surface area contributed by atoms with Crippen molar-refractivity contribution in [2.45, 2.75) is 49.1 Å². The summed E-state index contributed by atoms with van der Waals surface area (Å²) in [6, 6.07) is 7.95. The van der Waals surface area contributed by atoms with Crippen LogP contribution < -0.4 is 16.0 Å². The predicted molar refractivity (Wildman–Crippen MR) is 133 cm³/mol. The molecule has 0 bridgehead atoms. The van der Waals surface area contributed by atoms with Crippen molar-refractivity contribution >= 4 is 46.2 Å². The number of aromatic nitrogens is 4. The lowest BCUT2D eigenvalue weighted by Crippen LogP contribution is -2.48. The molecule has 3 N–H and O–H groups in total. The molecule has 3 aromatic heterocycles. The first-order valence-corrected chi connectivity index (χ1v) is 12.0. The Hall–Kier alpha value is -2.67. The van der Waals surface area contributed by atoms with E-state index >= 15 is 0 Å². The van der Waals surface area contributed by atoms with Gasteiger partial charge in [0.05, 0.1) is 22.7 Å². The maximum atomic E-state index is 9.21. The Morgan fingerprint density at radius 3 is 2.73 bits per heavy atom. The van der Waals surface area contributed by atoms with E-state index in [1.54, 1.807) is 12.4 Å². The molecule has 33 heavy (non-hydrogen) atoms. The van der Waals surface area contributed by atoms with E-state index < -0.39 is 5.41 Å². The van der Waals surface area contributed by atoms with Crippen LogP contribution in [0.2, 0.25) is 5.02 Å². The average Bonchev–Trinajstić information content (AvgIpc) is 2.79. The van der Waals surface area contributed by atoms with Crippen molar-refractivity contribution in [3.05, 3.63) is 35.6 Å². The molecule has 0 amide bonds. The van der Waals surface area contributed by atoms with Gasteiger partial charge < -0.3 is 16.0 Å². The standard InChI is InChI=1S/C23H27ClN8S/c1-22(2,13-25)14-29-21-19(24)16(6-9-27-21)33-18-5-4-15-20(31-18)28-12-17(30-15)32-10-7-23(3,26)8-11-32/h4-6,9,12H,7-8,10-11,14,26H2,1-3H3,(H,27,29). The van der Waals surface area contributed by atoms with Gasteiger partial charge in [-0.3, -0.25) is 0 Å². The largest absolute Gasteiger partial charge is 0.367 e. The van der Waals surface area contributed by atoms with Crippen molar-refractivity contribution in [1.82, 2.24) is 19.9 Å². The van der Waals surface area contributed by atoms with Gasteiger partial charge in [0.25, 0.3) is 0 Å². The van der Waals surface area contributed by atoms with Crippen LogP contribution in [-0.2, 0) is 0 Å². The van der Waals surface area contributed by atoms with E-state index in [-0.39, 0.29) is 5.54 Å². The first-order valence-electron chi connectivity index (χ1n) is 10.8. The molecule has 3 aromatic rings. The van der Waals surface area contributed by atoms with Crippen LogP contribution in [0, 0.1) is 16.7 Å². The van der Waals surface area contributed by atoms with Gasteiger partial charge in [-0.1, -0.05) is 23.4 Å². The molecule has 1 saturated heterocycles. The lowest BCUT2D eigenvalue weighted by Gasteiger charge is -2.37. The van der Waals surface area contributed by atoms with Gasteiger partial charge in [-0.05, 0) is 51.8 Å². The fourth-order valence-corrected chi connectivity index (χ4v) is 4.52. The van der Waals surface area contributed by atoms with Crippen LogP contribution >= 0.6 is 23.4 Å². The summed E-state index contributed by atoms with van der Waals surface area (Å²) in [6.45, 7) is 8.00. The van der Waals surface area contributed by atoms with Crippen molar-refractivity contribution in [2.75, 3.05) is 29.9 Å². The molecule has 0 aliphatic carbocycles. The fourth-order valence-electron chi connectivity index (χ4n) is 3.42. The number of fused-ring (bicyclic) bond motifs is 1. The zero-order valence-electron chi connectivity index (χ0n) is 19.0. The summed E-state index contributed by atoms with van der Waals surface area (Å²) in [5, 5.41) is 13.6.